The molecule has 3 nitrogen and oxygen atoms in total. The van der Waals surface area contributed by atoms with Gasteiger partial charge < -0.3 is 10.2 Å². The van der Waals surface area contributed by atoms with Crippen LogP contribution in [0.3, 0.4) is 0 Å². The molecular formula is C22H26BrN3. The molecule has 0 radical (unpaired) electrons. The van der Waals surface area contributed by atoms with Gasteiger partial charge in [0.15, 0.2) is 0 Å². The second kappa shape index (κ2) is 6.73. The summed E-state index contributed by atoms with van der Waals surface area (Å²) in [5, 5.41) is 3.77. The lowest BCUT2D eigenvalue weighted by Crippen LogP contribution is -2.40. The lowest BCUT2D eigenvalue weighted by molar-refractivity contribution is 0.394. The highest BCUT2D eigenvalue weighted by atomic mass is 79.9. The van der Waals surface area contributed by atoms with E-state index in [1.165, 1.54) is 24.0 Å². The van der Waals surface area contributed by atoms with E-state index in [2.05, 4.69) is 88.0 Å². The molecule has 0 spiro atoms. The lowest BCUT2D eigenvalue weighted by Gasteiger charge is -2.31. The Morgan fingerprint density at radius 3 is 2.50 bits per heavy atom. The smallest absolute Gasteiger partial charge is 0.128 e. The van der Waals surface area contributed by atoms with E-state index in [0.29, 0.717) is 0 Å². The summed E-state index contributed by atoms with van der Waals surface area (Å²) in [5.41, 5.74) is 3.69. The molecule has 0 bridgehead atoms. The van der Waals surface area contributed by atoms with Crippen LogP contribution >= 0.6 is 15.9 Å². The predicted molar refractivity (Wildman–Crippen MR) is 112 cm³/mol. The highest BCUT2D eigenvalue weighted by Crippen LogP contribution is 2.45. The van der Waals surface area contributed by atoms with Crippen LogP contribution in [0.2, 0.25) is 0 Å². The molecule has 4 heteroatoms. The first-order valence-electron chi connectivity index (χ1n) is 9.33. The van der Waals surface area contributed by atoms with Crippen molar-refractivity contribution >= 4 is 27.4 Å². The molecular weight excluding hydrogens is 386 g/mol. The molecule has 1 saturated heterocycles. The Kier molecular flexibility index (Phi) is 4.55. The maximum absolute atomic E-state index is 4.57. The third-order valence-corrected chi connectivity index (χ3v) is 6.43. The fraction of sp³-hybridized carbons (Fsp3) is 0.409. The van der Waals surface area contributed by atoms with Gasteiger partial charge in [0.25, 0.3) is 0 Å². The van der Waals surface area contributed by atoms with Gasteiger partial charge in [-0.25, -0.2) is 4.98 Å². The highest BCUT2D eigenvalue weighted by molar-refractivity contribution is 9.10. The van der Waals surface area contributed by atoms with Crippen LogP contribution in [0.1, 0.15) is 30.9 Å². The summed E-state index contributed by atoms with van der Waals surface area (Å²) in [7, 11) is 0. The van der Waals surface area contributed by atoms with E-state index in [1.807, 2.05) is 6.20 Å². The minimum Gasteiger partial charge on any atom is -0.380 e. The first kappa shape index (κ1) is 17.6. The largest absolute Gasteiger partial charge is 0.380 e. The molecule has 2 atom stereocenters. The Labute approximate surface area is 164 Å². The van der Waals surface area contributed by atoms with Crippen molar-refractivity contribution in [1.82, 2.24) is 10.3 Å². The van der Waals surface area contributed by atoms with Gasteiger partial charge in [-0.3, -0.25) is 0 Å². The number of hydrogen-bond acceptors (Lipinski definition) is 3. The first-order valence-corrected chi connectivity index (χ1v) is 10.1. The summed E-state index contributed by atoms with van der Waals surface area (Å²) in [5.74, 6) is 2.55. The van der Waals surface area contributed by atoms with Crippen LogP contribution in [-0.2, 0) is 0 Å². The van der Waals surface area contributed by atoms with Crippen molar-refractivity contribution in [2.75, 3.05) is 18.0 Å². The third-order valence-electron chi connectivity index (χ3n) is 5.96. The predicted octanol–water partition coefficient (Wildman–Crippen LogP) is 5.02. The molecule has 1 N–H and O–H groups in total. The van der Waals surface area contributed by atoms with E-state index in [1.54, 1.807) is 0 Å². The van der Waals surface area contributed by atoms with Gasteiger partial charge in [0, 0.05) is 35.0 Å². The zero-order chi connectivity index (χ0) is 18.3. The monoisotopic (exact) mass is 411 g/mol. The number of anilines is 1. The van der Waals surface area contributed by atoms with Crippen molar-refractivity contribution in [3.63, 3.8) is 0 Å². The summed E-state index contributed by atoms with van der Waals surface area (Å²) < 4.78 is 1.03. The maximum atomic E-state index is 4.57. The number of benzene rings is 1. The molecule has 2 unspecified atom stereocenters. The average molecular weight is 412 g/mol. The van der Waals surface area contributed by atoms with E-state index in [-0.39, 0.29) is 5.54 Å². The Morgan fingerprint density at radius 1 is 1.19 bits per heavy atom. The van der Waals surface area contributed by atoms with E-state index >= 15 is 0 Å². The molecule has 1 aliphatic heterocycles. The molecule has 136 valence electrons. The Morgan fingerprint density at radius 2 is 1.88 bits per heavy atom. The van der Waals surface area contributed by atoms with Gasteiger partial charge in [0.05, 0.1) is 0 Å². The molecule has 2 aromatic rings. The van der Waals surface area contributed by atoms with E-state index in [4.69, 9.17) is 0 Å². The summed E-state index contributed by atoms with van der Waals surface area (Å²) in [4.78, 5) is 7.01. The SMILES string of the molecule is C=C(NC1(C)CC2CN(c3ccc(Br)cn3)CC2C1)c1ccccc1C. The fourth-order valence-electron chi connectivity index (χ4n) is 4.83. The topological polar surface area (TPSA) is 28.2 Å². The number of halogens is 1. The van der Waals surface area contributed by atoms with Crippen molar-refractivity contribution in [2.24, 2.45) is 11.8 Å². The number of aromatic nitrogens is 1. The van der Waals surface area contributed by atoms with Crippen LogP contribution in [0.4, 0.5) is 5.82 Å². The minimum atomic E-state index is 0.133. The summed E-state index contributed by atoms with van der Waals surface area (Å²) >= 11 is 3.47. The van der Waals surface area contributed by atoms with Gasteiger partial charge in [-0.1, -0.05) is 30.8 Å². The number of fused-ring (bicyclic) bond motifs is 1. The summed E-state index contributed by atoms with van der Waals surface area (Å²) in [6.45, 7) is 11.0. The van der Waals surface area contributed by atoms with E-state index in [9.17, 15) is 0 Å². The first-order chi connectivity index (χ1) is 12.4. The molecule has 2 fully saturated rings. The van der Waals surface area contributed by atoms with Crippen LogP contribution in [0, 0.1) is 18.8 Å². The quantitative estimate of drug-likeness (QED) is 0.765. The number of aryl methyl sites for hydroxylation is 1. The third kappa shape index (κ3) is 3.39. The Hall–Kier alpha value is -1.81. The fourth-order valence-corrected chi connectivity index (χ4v) is 5.06. The number of nitrogens with one attached hydrogen (secondary N) is 1. The number of hydrogen-bond donors (Lipinski definition) is 1. The maximum Gasteiger partial charge on any atom is 0.128 e. The average Bonchev–Trinajstić information content (AvgIpc) is 3.10. The lowest BCUT2D eigenvalue weighted by atomic mass is 9.96. The van der Waals surface area contributed by atoms with Gasteiger partial charge in [0.2, 0.25) is 0 Å². The molecule has 4 rings (SSSR count). The molecule has 26 heavy (non-hydrogen) atoms. The van der Waals surface area contributed by atoms with Gasteiger partial charge >= 0.3 is 0 Å². The van der Waals surface area contributed by atoms with Crippen LogP contribution in [0.5, 0.6) is 0 Å². The second-order valence-electron chi connectivity index (χ2n) is 8.15. The number of pyridine rings is 1. The second-order valence-corrected chi connectivity index (χ2v) is 9.06. The highest BCUT2D eigenvalue weighted by Gasteiger charge is 2.47. The molecule has 2 aliphatic rings. The van der Waals surface area contributed by atoms with Crippen LogP contribution in [0.15, 0.2) is 53.6 Å². The van der Waals surface area contributed by atoms with Gasteiger partial charge in [0.1, 0.15) is 5.82 Å². The van der Waals surface area contributed by atoms with Crippen molar-refractivity contribution in [3.05, 3.63) is 64.8 Å². The van der Waals surface area contributed by atoms with Gasteiger partial charge in [-0.05, 0) is 77.7 Å². The minimum absolute atomic E-state index is 0.133. The van der Waals surface area contributed by atoms with Crippen LogP contribution < -0.4 is 10.2 Å². The Balaban J connectivity index is 1.41. The summed E-state index contributed by atoms with van der Waals surface area (Å²) in [6.07, 6.45) is 4.27. The molecule has 0 amide bonds. The molecule has 1 aromatic carbocycles. The molecule has 1 saturated carbocycles. The molecule has 1 aromatic heterocycles. The van der Waals surface area contributed by atoms with Crippen molar-refractivity contribution < 1.29 is 0 Å². The number of nitrogens with zero attached hydrogens (tertiary/aromatic N) is 2. The molecule has 1 aliphatic carbocycles. The number of rotatable bonds is 4. The Bertz CT molecular complexity index is 800. The van der Waals surface area contributed by atoms with Gasteiger partial charge in [-0.15, -0.1) is 0 Å². The zero-order valence-electron chi connectivity index (χ0n) is 15.5. The van der Waals surface area contributed by atoms with Crippen molar-refractivity contribution in [3.8, 4) is 0 Å². The molecule has 2 heterocycles. The van der Waals surface area contributed by atoms with Crippen LogP contribution in [-0.4, -0.2) is 23.6 Å². The van der Waals surface area contributed by atoms with Crippen LogP contribution in [0.25, 0.3) is 5.70 Å². The summed E-state index contributed by atoms with van der Waals surface area (Å²) in [6, 6.07) is 12.7. The van der Waals surface area contributed by atoms with E-state index < -0.39 is 0 Å². The van der Waals surface area contributed by atoms with Crippen molar-refractivity contribution in [2.45, 2.75) is 32.2 Å². The van der Waals surface area contributed by atoms with E-state index in [0.717, 1.165) is 40.9 Å². The van der Waals surface area contributed by atoms with Crippen molar-refractivity contribution in [1.29, 1.82) is 0 Å². The normalized spacial score (nSPS) is 27.4. The standard InChI is InChI=1S/C22H26BrN3/c1-15-6-4-5-7-20(15)16(2)25-22(3)10-17-13-26(14-18(17)11-22)21-9-8-19(23)12-24-21/h4-9,12,17-18,25H,2,10-11,13-14H2,1,3H3. The zero-order valence-corrected chi connectivity index (χ0v) is 17.1. The van der Waals surface area contributed by atoms with Gasteiger partial charge in [-0.2, -0.15) is 0 Å².